The summed E-state index contributed by atoms with van der Waals surface area (Å²) in [5.74, 6) is 4.60. The summed E-state index contributed by atoms with van der Waals surface area (Å²) in [6.07, 6.45) is 10.2. The van der Waals surface area contributed by atoms with E-state index in [0.29, 0.717) is 22.8 Å². The first kappa shape index (κ1) is 29.9. The van der Waals surface area contributed by atoms with E-state index >= 15 is 0 Å². The van der Waals surface area contributed by atoms with Crippen molar-refractivity contribution >= 4 is 17.4 Å². The Morgan fingerprint density at radius 2 is 1.84 bits per heavy atom. The molecule has 2 rings (SSSR count). The lowest BCUT2D eigenvalue weighted by Crippen LogP contribution is -2.18. The highest BCUT2D eigenvalue weighted by atomic mass is 16.5. The monoisotopic (exact) mass is 509 g/mol. The normalized spacial score (nSPS) is 12.4. The number of carbonyl (C=O) groups excluding carboxylic acids is 1. The third kappa shape index (κ3) is 8.67. The molecule has 2 aromatic carbocycles. The van der Waals surface area contributed by atoms with Crippen LogP contribution in [-0.2, 0) is 5.41 Å². The molecule has 2 aromatic rings. The van der Waals surface area contributed by atoms with Crippen LogP contribution in [0.15, 0.2) is 95.5 Å². The lowest BCUT2D eigenvalue weighted by atomic mass is 9.85. The van der Waals surface area contributed by atoms with Crippen molar-refractivity contribution in [3.63, 3.8) is 0 Å². The predicted octanol–water partition coefficient (Wildman–Crippen LogP) is 7.83. The van der Waals surface area contributed by atoms with Crippen molar-refractivity contribution in [2.75, 3.05) is 5.32 Å². The number of nitrogens with one attached hydrogen (secondary N) is 2. The standard InChI is InChI=1S/C33H39N3O2/c1-11-24(6)34-26(8)35-30(22(3)4)19-17-25(7)38-31-21-29(18-16-23(31)5)36-32(37)27-14-13-15-28(20-27)33(9,10)12-2/h2,13-21H,3,6,11H2,1,4-5,7-10H3,(H,34,35)(H,36,37)/b25-17+,30-19+. The number of hydrogen-bond acceptors (Lipinski definition) is 3. The Labute approximate surface area is 228 Å². The van der Waals surface area contributed by atoms with Crippen LogP contribution in [-0.4, -0.2) is 11.7 Å². The maximum atomic E-state index is 13.0. The van der Waals surface area contributed by atoms with Crippen molar-refractivity contribution < 1.29 is 9.53 Å². The molecule has 0 aliphatic heterocycles. The molecule has 0 saturated heterocycles. The Hall–Kier alpha value is -4.30. The number of carbonyl (C=O) groups is 1. The van der Waals surface area contributed by atoms with E-state index in [2.05, 4.69) is 34.7 Å². The number of allylic oxidation sites excluding steroid dienone is 5. The maximum absolute atomic E-state index is 13.0. The quantitative estimate of drug-likeness (QED) is 0.113. The summed E-state index contributed by atoms with van der Waals surface area (Å²) in [7, 11) is 0. The van der Waals surface area contributed by atoms with Crippen LogP contribution in [0.1, 0.15) is 69.4 Å². The summed E-state index contributed by atoms with van der Waals surface area (Å²) in [6, 6.07) is 12.9. The van der Waals surface area contributed by atoms with E-state index in [4.69, 9.17) is 11.2 Å². The number of nitrogens with zero attached hydrogens (tertiary/aromatic N) is 1. The second-order valence-electron chi connectivity index (χ2n) is 9.78. The molecule has 0 heterocycles. The van der Waals surface area contributed by atoms with Gasteiger partial charge in [0.25, 0.3) is 5.91 Å². The van der Waals surface area contributed by atoms with Crippen molar-refractivity contribution in [1.82, 2.24) is 5.32 Å². The average Bonchev–Trinajstić information content (AvgIpc) is 2.88. The fraction of sp³-hybridized carbons (Fsp3) is 0.273. The predicted molar refractivity (Wildman–Crippen MR) is 160 cm³/mol. The van der Waals surface area contributed by atoms with E-state index in [1.807, 2.05) is 97.0 Å². The van der Waals surface area contributed by atoms with Gasteiger partial charge in [-0.05, 0) is 95.0 Å². The Balaban J connectivity index is 2.22. The van der Waals surface area contributed by atoms with Crippen molar-refractivity contribution in [3.05, 3.63) is 107 Å². The molecule has 38 heavy (non-hydrogen) atoms. The minimum absolute atomic E-state index is 0.219. The molecule has 0 aromatic heterocycles. The molecule has 0 fully saturated rings. The molecule has 0 aliphatic rings. The highest BCUT2D eigenvalue weighted by Gasteiger charge is 2.19. The van der Waals surface area contributed by atoms with Gasteiger partial charge in [-0.1, -0.05) is 44.2 Å². The Bertz CT molecular complexity index is 1350. The van der Waals surface area contributed by atoms with Crippen LogP contribution < -0.4 is 15.4 Å². The van der Waals surface area contributed by atoms with Gasteiger partial charge in [0.2, 0.25) is 0 Å². The molecule has 5 nitrogen and oxygen atoms in total. The molecule has 1 amide bonds. The van der Waals surface area contributed by atoms with E-state index in [1.165, 1.54) is 0 Å². The van der Waals surface area contributed by atoms with Gasteiger partial charge in [-0.25, -0.2) is 4.99 Å². The van der Waals surface area contributed by atoms with E-state index in [1.54, 1.807) is 6.07 Å². The molecule has 5 heteroatoms. The van der Waals surface area contributed by atoms with E-state index in [-0.39, 0.29) is 5.91 Å². The van der Waals surface area contributed by atoms with E-state index < -0.39 is 5.41 Å². The van der Waals surface area contributed by atoms with Gasteiger partial charge in [0.1, 0.15) is 17.3 Å². The van der Waals surface area contributed by atoms with Gasteiger partial charge >= 0.3 is 0 Å². The molecule has 0 atom stereocenters. The zero-order valence-corrected chi connectivity index (χ0v) is 23.7. The fourth-order valence-corrected chi connectivity index (χ4v) is 3.36. The number of benzene rings is 2. The second-order valence-corrected chi connectivity index (χ2v) is 9.78. The number of rotatable bonds is 10. The minimum Gasteiger partial charge on any atom is -0.462 e. The van der Waals surface area contributed by atoms with Gasteiger partial charge < -0.3 is 15.4 Å². The molecule has 0 saturated carbocycles. The topological polar surface area (TPSA) is 62.7 Å². The first-order chi connectivity index (χ1) is 17.9. The van der Waals surface area contributed by atoms with Crippen molar-refractivity contribution in [1.29, 1.82) is 0 Å². The van der Waals surface area contributed by atoms with Crippen LogP contribution in [0.5, 0.6) is 5.75 Å². The first-order valence-electron chi connectivity index (χ1n) is 12.6. The molecule has 0 aliphatic carbocycles. The Morgan fingerprint density at radius 3 is 2.47 bits per heavy atom. The zero-order valence-electron chi connectivity index (χ0n) is 23.7. The van der Waals surface area contributed by atoms with E-state index in [9.17, 15) is 4.79 Å². The molecule has 2 N–H and O–H groups in total. The van der Waals surface area contributed by atoms with Gasteiger partial charge in [0, 0.05) is 23.0 Å². The van der Waals surface area contributed by atoms with Gasteiger partial charge in [0.05, 0.1) is 11.1 Å². The van der Waals surface area contributed by atoms with Gasteiger partial charge in [-0.15, -0.1) is 6.42 Å². The minimum atomic E-state index is -0.464. The number of aryl methyl sites for hydroxylation is 1. The lowest BCUT2D eigenvalue weighted by molar-refractivity contribution is 0.102. The number of ether oxygens (including phenoxy) is 1. The number of amidine groups is 1. The zero-order chi connectivity index (χ0) is 28.5. The molecule has 0 spiro atoms. The highest BCUT2D eigenvalue weighted by molar-refractivity contribution is 6.04. The maximum Gasteiger partial charge on any atom is 0.255 e. The third-order valence-corrected chi connectivity index (χ3v) is 5.91. The number of terminal acetylenes is 1. The van der Waals surface area contributed by atoms with Crippen molar-refractivity contribution in [2.24, 2.45) is 4.99 Å². The van der Waals surface area contributed by atoms with Crippen molar-refractivity contribution in [3.8, 4) is 18.1 Å². The summed E-state index contributed by atoms with van der Waals surface area (Å²) in [6.45, 7) is 21.5. The second kappa shape index (κ2) is 13.3. The highest BCUT2D eigenvalue weighted by Crippen LogP contribution is 2.26. The Kier molecular flexibility index (Phi) is 10.5. The summed E-state index contributed by atoms with van der Waals surface area (Å²) in [5, 5.41) is 6.13. The molecule has 0 bridgehead atoms. The van der Waals surface area contributed by atoms with Crippen LogP contribution in [0.3, 0.4) is 0 Å². The summed E-state index contributed by atoms with van der Waals surface area (Å²) in [4.78, 5) is 17.6. The largest absolute Gasteiger partial charge is 0.462 e. The lowest BCUT2D eigenvalue weighted by Gasteiger charge is -2.18. The molecule has 0 radical (unpaired) electrons. The van der Waals surface area contributed by atoms with Gasteiger partial charge in [-0.2, -0.15) is 0 Å². The number of hydrogen-bond donors (Lipinski definition) is 2. The molecule has 0 unspecified atom stereocenters. The summed E-state index contributed by atoms with van der Waals surface area (Å²) >= 11 is 0. The average molecular weight is 510 g/mol. The number of aliphatic imine (C=N–C) groups is 1. The van der Waals surface area contributed by atoms with Gasteiger partial charge in [-0.3, -0.25) is 4.79 Å². The first-order valence-corrected chi connectivity index (χ1v) is 12.6. The SMILES string of the molecule is C#CC(C)(C)c1cccc(C(=O)Nc2ccc(C)c(O/C(C)=C/C=C(/N=C(C)NC(=C)CC)C(=C)C)c2)c1. The van der Waals surface area contributed by atoms with Crippen LogP contribution >= 0.6 is 0 Å². The van der Waals surface area contributed by atoms with Crippen LogP contribution in [0.25, 0.3) is 0 Å². The molecular weight excluding hydrogens is 470 g/mol. The van der Waals surface area contributed by atoms with Crippen molar-refractivity contribution in [2.45, 2.75) is 60.3 Å². The van der Waals surface area contributed by atoms with Gasteiger partial charge in [0.15, 0.2) is 0 Å². The summed E-state index contributed by atoms with van der Waals surface area (Å²) < 4.78 is 6.10. The van der Waals surface area contributed by atoms with E-state index in [0.717, 1.165) is 40.4 Å². The Morgan fingerprint density at radius 1 is 1.13 bits per heavy atom. The third-order valence-electron chi connectivity index (χ3n) is 5.91. The van der Waals surface area contributed by atoms with Crippen LogP contribution in [0, 0.1) is 19.3 Å². The van der Waals surface area contributed by atoms with Crippen LogP contribution in [0.2, 0.25) is 0 Å². The summed E-state index contributed by atoms with van der Waals surface area (Å²) in [5.41, 5.74) is 5.01. The fourth-order valence-electron chi connectivity index (χ4n) is 3.36. The number of amides is 1. The molecule has 198 valence electrons. The smallest absolute Gasteiger partial charge is 0.255 e. The van der Waals surface area contributed by atoms with Crippen LogP contribution in [0.4, 0.5) is 5.69 Å². The number of anilines is 1. The molecular formula is C33H39N3O2.